The van der Waals surface area contributed by atoms with Crippen LogP contribution in [0.1, 0.15) is 18.4 Å². The molecule has 0 spiro atoms. The molecule has 1 aromatic heterocycles. The number of hydrogen-bond acceptors (Lipinski definition) is 3. The predicted octanol–water partition coefficient (Wildman–Crippen LogP) is 1.31. The summed E-state index contributed by atoms with van der Waals surface area (Å²) in [5.74, 6) is 0. The minimum atomic E-state index is 1.13. The van der Waals surface area contributed by atoms with Gasteiger partial charge in [0.2, 0.25) is 0 Å². The van der Waals surface area contributed by atoms with Crippen LogP contribution in [0.5, 0.6) is 0 Å². The smallest absolute Gasteiger partial charge is 0.0300 e. The van der Waals surface area contributed by atoms with E-state index in [1.54, 1.807) is 0 Å². The monoisotopic (exact) mass is 219 g/mol. The van der Waals surface area contributed by atoms with E-state index in [1.165, 1.54) is 51.1 Å². The Kier molecular flexibility index (Phi) is 4.77. The highest BCUT2D eigenvalue weighted by Gasteiger charge is 2.07. The molecule has 16 heavy (non-hydrogen) atoms. The molecule has 0 aromatic carbocycles. The predicted molar refractivity (Wildman–Crippen MR) is 66.5 cm³/mol. The van der Waals surface area contributed by atoms with Gasteiger partial charge in [0.15, 0.2) is 0 Å². The highest BCUT2D eigenvalue weighted by molar-refractivity contribution is 5.08. The van der Waals surface area contributed by atoms with E-state index >= 15 is 0 Å². The first-order valence-electron chi connectivity index (χ1n) is 6.27. The van der Waals surface area contributed by atoms with Gasteiger partial charge in [0.1, 0.15) is 0 Å². The second-order valence-electron chi connectivity index (χ2n) is 4.41. The van der Waals surface area contributed by atoms with Crippen LogP contribution in [0.4, 0.5) is 0 Å². The van der Waals surface area contributed by atoms with Crippen LogP contribution >= 0.6 is 0 Å². The fourth-order valence-corrected chi connectivity index (χ4v) is 2.15. The molecular weight excluding hydrogens is 198 g/mol. The Hall–Kier alpha value is -0.930. The number of pyridine rings is 1. The molecule has 88 valence electrons. The van der Waals surface area contributed by atoms with Crippen LogP contribution < -0.4 is 5.32 Å². The van der Waals surface area contributed by atoms with Crippen LogP contribution in [-0.4, -0.2) is 42.6 Å². The lowest BCUT2D eigenvalue weighted by molar-refractivity contribution is 0.255. The van der Waals surface area contributed by atoms with Crippen LogP contribution in [0.15, 0.2) is 24.5 Å². The van der Waals surface area contributed by atoms with Crippen molar-refractivity contribution in [2.75, 3.05) is 32.7 Å². The summed E-state index contributed by atoms with van der Waals surface area (Å²) in [4.78, 5) is 6.73. The quantitative estimate of drug-likeness (QED) is 0.831. The van der Waals surface area contributed by atoms with Gasteiger partial charge in [0.25, 0.3) is 0 Å². The minimum absolute atomic E-state index is 1.13. The molecule has 0 saturated carbocycles. The van der Waals surface area contributed by atoms with Gasteiger partial charge in [-0.2, -0.15) is 0 Å². The topological polar surface area (TPSA) is 28.2 Å². The molecule has 0 atom stereocenters. The van der Waals surface area contributed by atoms with Crippen LogP contribution in [0, 0.1) is 0 Å². The highest BCUT2D eigenvalue weighted by atomic mass is 15.1. The molecule has 0 bridgehead atoms. The molecule has 1 N–H and O–H groups in total. The third-order valence-electron chi connectivity index (χ3n) is 3.10. The van der Waals surface area contributed by atoms with E-state index in [9.17, 15) is 0 Å². The van der Waals surface area contributed by atoms with Crippen molar-refractivity contribution in [1.29, 1.82) is 0 Å². The molecule has 1 aromatic rings. The zero-order valence-electron chi connectivity index (χ0n) is 9.86. The van der Waals surface area contributed by atoms with Crippen LogP contribution in [0.2, 0.25) is 0 Å². The SMILES string of the molecule is c1cncc(CCN2CCCNCCC2)c1. The Balaban J connectivity index is 1.75. The van der Waals surface area contributed by atoms with Crippen molar-refractivity contribution in [3.05, 3.63) is 30.1 Å². The Morgan fingerprint density at radius 2 is 2.06 bits per heavy atom. The number of rotatable bonds is 3. The van der Waals surface area contributed by atoms with E-state index in [0.717, 1.165) is 6.42 Å². The molecular formula is C13H21N3. The standard InChI is InChI=1S/C13H21N3/c1-4-13(12-15-6-1)5-11-16-9-2-7-14-8-3-10-16/h1,4,6,12,14H,2-3,5,7-11H2. The van der Waals surface area contributed by atoms with Gasteiger partial charge in [-0.25, -0.2) is 0 Å². The molecule has 1 aliphatic rings. The van der Waals surface area contributed by atoms with Gasteiger partial charge in [-0.15, -0.1) is 0 Å². The summed E-state index contributed by atoms with van der Waals surface area (Å²) in [6, 6.07) is 4.19. The lowest BCUT2D eigenvalue weighted by Gasteiger charge is -2.24. The fourth-order valence-electron chi connectivity index (χ4n) is 2.15. The third-order valence-corrected chi connectivity index (χ3v) is 3.10. The van der Waals surface area contributed by atoms with Gasteiger partial charge in [-0.3, -0.25) is 4.98 Å². The zero-order valence-corrected chi connectivity index (χ0v) is 9.86. The zero-order chi connectivity index (χ0) is 11.1. The summed E-state index contributed by atoms with van der Waals surface area (Å²) in [6.45, 7) is 5.97. The summed E-state index contributed by atoms with van der Waals surface area (Å²) in [6.07, 6.45) is 7.48. The molecule has 2 rings (SSSR count). The summed E-state index contributed by atoms with van der Waals surface area (Å²) >= 11 is 0. The van der Waals surface area contributed by atoms with Crippen LogP contribution in [0.3, 0.4) is 0 Å². The molecule has 3 nitrogen and oxygen atoms in total. The molecule has 3 heteroatoms. The van der Waals surface area contributed by atoms with Gasteiger partial charge >= 0.3 is 0 Å². The first kappa shape index (κ1) is 11.6. The van der Waals surface area contributed by atoms with Crippen molar-refractivity contribution in [2.45, 2.75) is 19.3 Å². The summed E-state index contributed by atoms with van der Waals surface area (Å²) in [7, 11) is 0. The second-order valence-corrected chi connectivity index (χ2v) is 4.41. The van der Waals surface area contributed by atoms with Crippen molar-refractivity contribution in [3.8, 4) is 0 Å². The highest BCUT2D eigenvalue weighted by Crippen LogP contribution is 2.02. The van der Waals surface area contributed by atoms with E-state index in [0.29, 0.717) is 0 Å². The molecule has 0 radical (unpaired) electrons. The van der Waals surface area contributed by atoms with Crippen molar-refractivity contribution >= 4 is 0 Å². The van der Waals surface area contributed by atoms with E-state index in [2.05, 4.69) is 21.3 Å². The molecule has 2 heterocycles. The van der Waals surface area contributed by atoms with E-state index in [4.69, 9.17) is 0 Å². The van der Waals surface area contributed by atoms with Crippen molar-refractivity contribution in [2.24, 2.45) is 0 Å². The van der Waals surface area contributed by atoms with Gasteiger partial charge in [-0.05, 0) is 57.1 Å². The Labute approximate surface area is 97.9 Å². The summed E-state index contributed by atoms with van der Waals surface area (Å²) in [5.41, 5.74) is 1.35. The Bertz CT molecular complexity index is 278. The summed E-state index contributed by atoms with van der Waals surface area (Å²) < 4.78 is 0. The number of nitrogens with one attached hydrogen (secondary N) is 1. The second kappa shape index (κ2) is 6.61. The number of hydrogen-bond donors (Lipinski definition) is 1. The van der Waals surface area contributed by atoms with E-state index in [1.807, 2.05) is 18.5 Å². The van der Waals surface area contributed by atoms with Crippen LogP contribution in [-0.2, 0) is 6.42 Å². The van der Waals surface area contributed by atoms with Crippen LogP contribution in [0.25, 0.3) is 0 Å². The van der Waals surface area contributed by atoms with Gasteiger partial charge in [0, 0.05) is 18.9 Å². The van der Waals surface area contributed by atoms with Gasteiger partial charge in [0.05, 0.1) is 0 Å². The van der Waals surface area contributed by atoms with E-state index in [-0.39, 0.29) is 0 Å². The lowest BCUT2D eigenvalue weighted by Crippen LogP contribution is -2.35. The maximum absolute atomic E-state index is 4.15. The van der Waals surface area contributed by atoms with Gasteiger partial charge < -0.3 is 10.2 Å². The Morgan fingerprint density at radius 3 is 2.75 bits per heavy atom. The summed E-state index contributed by atoms with van der Waals surface area (Å²) in [5, 5.41) is 3.44. The molecule has 1 fully saturated rings. The largest absolute Gasteiger partial charge is 0.317 e. The lowest BCUT2D eigenvalue weighted by atomic mass is 10.2. The fraction of sp³-hybridized carbons (Fsp3) is 0.615. The Morgan fingerprint density at radius 1 is 1.25 bits per heavy atom. The number of aromatic nitrogens is 1. The van der Waals surface area contributed by atoms with Crippen molar-refractivity contribution < 1.29 is 0 Å². The van der Waals surface area contributed by atoms with Crippen molar-refractivity contribution in [1.82, 2.24) is 15.2 Å². The average molecular weight is 219 g/mol. The minimum Gasteiger partial charge on any atom is -0.317 e. The first-order chi connectivity index (χ1) is 7.95. The first-order valence-corrected chi connectivity index (χ1v) is 6.27. The maximum atomic E-state index is 4.15. The van der Waals surface area contributed by atoms with Gasteiger partial charge in [-0.1, -0.05) is 6.07 Å². The van der Waals surface area contributed by atoms with E-state index < -0.39 is 0 Å². The third kappa shape index (κ3) is 3.91. The molecule has 0 unspecified atom stereocenters. The molecule has 1 saturated heterocycles. The number of nitrogens with zero attached hydrogens (tertiary/aromatic N) is 2. The molecule has 0 aliphatic carbocycles. The van der Waals surface area contributed by atoms with Crippen molar-refractivity contribution in [3.63, 3.8) is 0 Å². The normalized spacial score (nSPS) is 19.0. The molecule has 0 amide bonds. The average Bonchev–Trinajstić information content (AvgIpc) is 2.29. The maximum Gasteiger partial charge on any atom is 0.0300 e. The molecule has 1 aliphatic heterocycles.